The van der Waals surface area contributed by atoms with Crippen LogP contribution in [0, 0.1) is 17.7 Å². The van der Waals surface area contributed by atoms with E-state index in [-0.39, 0.29) is 11.6 Å². The lowest BCUT2D eigenvalue weighted by Gasteiger charge is -2.19. The fourth-order valence-corrected chi connectivity index (χ4v) is 1.81. The summed E-state index contributed by atoms with van der Waals surface area (Å²) in [6, 6.07) is 5.01. The fraction of sp³-hybridized carbons (Fsp3) is 0.571. The van der Waals surface area contributed by atoms with Crippen LogP contribution in [-0.4, -0.2) is 20.2 Å². The van der Waals surface area contributed by atoms with Crippen LogP contribution in [0.3, 0.4) is 0 Å². The molecular formula is C14H23FN2O. The first-order valence-corrected chi connectivity index (χ1v) is 6.31. The van der Waals surface area contributed by atoms with Crippen molar-refractivity contribution in [1.29, 1.82) is 0 Å². The van der Waals surface area contributed by atoms with Crippen LogP contribution in [0.5, 0.6) is 5.75 Å². The Morgan fingerprint density at radius 2 is 2.11 bits per heavy atom. The number of hydrogen-bond acceptors (Lipinski definition) is 3. The van der Waals surface area contributed by atoms with Gasteiger partial charge in [-0.2, -0.15) is 0 Å². The van der Waals surface area contributed by atoms with E-state index in [1.54, 1.807) is 6.07 Å². The topological polar surface area (TPSA) is 47.3 Å². The van der Waals surface area contributed by atoms with Crippen LogP contribution in [0.4, 0.5) is 4.39 Å². The second-order valence-electron chi connectivity index (χ2n) is 4.84. The van der Waals surface area contributed by atoms with Gasteiger partial charge in [0.05, 0.1) is 7.11 Å². The molecule has 0 aliphatic heterocycles. The number of nitrogens with one attached hydrogen (secondary N) is 1. The predicted molar refractivity (Wildman–Crippen MR) is 72.0 cm³/mol. The second-order valence-corrected chi connectivity index (χ2v) is 4.84. The Bertz CT molecular complexity index is 369. The van der Waals surface area contributed by atoms with E-state index in [1.807, 2.05) is 6.07 Å². The van der Waals surface area contributed by atoms with Crippen LogP contribution in [0.1, 0.15) is 19.4 Å². The molecular weight excluding hydrogens is 231 g/mol. The van der Waals surface area contributed by atoms with Gasteiger partial charge in [0.25, 0.3) is 0 Å². The molecule has 0 heterocycles. The first kappa shape index (κ1) is 14.9. The van der Waals surface area contributed by atoms with Gasteiger partial charge in [0.2, 0.25) is 0 Å². The summed E-state index contributed by atoms with van der Waals surface area (Å²) in [7, 11) is 1.46. The van der Waals surface area contributed by atoms with Crippen molar-refractivity contribution in [1.82, 2.24) is 5.32 Å². The summed E-state index contributed by atoms with van der Waals surface area (Å²) in [5.74, 6) is 0.958. The maximum absolute atomic E-state index is 13.5. The highest BCUT2D eigenvalue weighted by molar-refractivity contribution is 5.29. The molecule has 0 saturated carbocycles. The van der Waals surface area contributed by atoms with Gasteiger partial charge in [-0.25, -0.2) is 4.39 Å². The zero-order valence-corrected chi connectivity index (χ0v) is 11.4. The van der Waals surface area contributed by atoms with Crippen molar-refractivity contribution >= 4 is 0 Å². The average molecular weight is 254 g/mol. The summed E-state index contributed by atoms with van der Waals surface area (Å²) in [5.41, 5.74) is 6.61. The molecule has 1 aromatic carbocycles. The maximum atomic E-state index is 13.5. The molecule has 0 bridgehead atoms. The van der Waals surface area contributed by atoms with Gasteiger partial charge in [-0.05, 0) is 42.6 Å². The summed E-state index contributed by atoms with van der Waals surface area (Å²) in [5, 5.41) is 3.31. The molecule has 18 heavy (non-hydrogen) atoms. The van der Waals surface area contributed by atoms with Crippen LogP contribution < -0.4 is 15.8 Å². The summed E-state index contributed by atoms with van der Waals surface area (Å²) >= 11 is 0. The van der Waals surface area contributed by atoms with E-state index in [0.717, 1.165) is 12.1 Å². The molecule has 1 aromatic rings. The third-order valence-electron chi connectivity index (χ3n) is 3.20. The van der Waals surface area contributed by atoms with E-state index in [4.69, 9.17) is 10.5 Å². The highest BCUT2D eigenvalue weighted by atomic mass is 19.1. The van der Waals surface area contributed by atoms with Crippen molar-refractivity contribution in [3.63, 3.8) is 0 Å². The van der Waals surface area contributed by atoms with E-state index >= 15 is 0 Å². The fourth-order valence-electron chi connectivity index (χ4n) is 1.81. The summed E-state index contributed by atoms with van der Waals surface area (Å²) in [4.78, 5) is 0. The molecule has 0 fully saturated rings. The predicted octanol–water partition coefficient (Wildman–Crippen LogP) is 2.15. The van der Waals surface area contributed by atoms with E-state index < -0.39 is 0 Å². The third kappa shape index (κ3) is 4.27. The standard InChI is InChI=1S/C14H23FN2O/c1-10(2)12(7-16)9-17-8-11-4-5-14(18-3)13(15)6-11/h4-6,10,12,17H,7-9,16H2,1-3H3. The third-order valence-corrected chi connectivity index (χ3v) is 3.20. The minimum absolute atomic E-state index is 0.278. The van der Waals surface area contributed by atoms with Gasteiger partial charge in [-0.15, -0.1) is 0 Å². The molecule has 0 spiro atoms. The van der Waals surface area contributed by atoms with Gasteiger partial charge in [0.15, 0.2) is 11.6 Å². The maximum Gasteiger partial charge on any atom is 0.165 e. The van der Waals surface area contributed by atoms with Crippen molar-refractivity contribution < 1.29 is 9.13 Å². The Balaban J connectivity index is 2.46. The largest absolute Gasteiger partial charge is 0.494 e. The van der Waals surface area contributed by atoms with E-state index in [1.165, 1.54) is 13.2 Å². The molecule has 0 saturated heterocycles. The average Bonchev–Trinajstić information content (AvgIpc) is 2.34. The molecule has 0 aliphatic rings. The summed E-state index contributed by atoms with van der Waals surface area (Å²) in [6.07, 6.45) is 0. The quantitative estimate of drug-likeness (QED) is 0.784. The van der Waals surface area contributed by atoms with Gasteiger partial charge in [-0.3, -0.25) is 0 Å². The Hall–Kier alpha value is -1.13. The molecule has 1 atom stereocenters. The molecule has 1 unspecified atom stereocenters. The number of hydrogen-bond donors (Lipinski definition) is 2. The van der Waals surface area contributed by atoms with Crippen molar-refractivity contribution in [3.05, 3.63) is 29.6 Å². The highest BCUT2D eigenvalue weighted by Gasteiger charge is 2.10. The van der Waals surface area contributed by atoms with Crippen molar-refractivity contribution in [2.75, 3.05) is 20.2 Å². The van der Waals surface area contributed by atoms with Gasteiger partial charge in [-0.1, -0.05) is 19.9 Å². The van der Waals surface area contributed by atoms with Crippen LogP contribution in [0.2, 0.25) is 0 Å². The van der Waals surface area contributed by atoms with Gasteiger partial charge >= 0.3 is 0 Å². The van der Waals surface area contributed by atoms with Gasteiger partial charge < -0.3 is 15.8 Å². The van der Waals surface area contributed by atoms with Gasteiger partial charge in [0.1, 0.15) is 0 Å². The highest BCUT2D eigenvalue weighted by Crippen LogP contribution is 2.17. The zero-order valence-electron chi connectivity index (χ0n) is 11.4. The first-order chi connectivity index (χ1) is 8.58. The number of rotatable bonds is 7. The first-order valence-electron chi connectivity index (χ1n) is 6.31. The normalized spacial score (nSPS) is 12.8. The lowest BCUT2D eigenvalue weighted by Crippen LogP contribution is -2.31. The number of ether oxygens (including phenoxy) is 1. The van der Waals surface area contributed by atoms with E-state index in [0.29, 0.717) is 24.9 Å². The Kier molecular flexibility index (Phi) is 6.09. The number of nitrogens with two attached hydrogens (primary N) is 1. The van der Waals surface area contributed by atoms with E-state index in [9.17, 15) is 4.39 Å². The number of methoxy groups -OCH3 is 1. The van der Waals surface area contributed by atoms with Crippen molar-refractivity contribution in [2.24, 2.45) is 17.6 Å². The molecule has 1 rings (SSSR count). The van der Waals surface area contributed by atoms with Crippen molar-refractivity contribution in [3.8, 4) is 5.75 Å². The smallest absolute Gasteiger partial charge is 0.165 e. The minimum atomic E-state index is -0.323. The van der Waals surface area contributed by atoms with Crippen LogP contribution in [0.25, 0.3) is 0 Å². The molecule has 4 heteroatoms. The van der Waals surface area contributed by atoms with Crippen LogP contribution >= 0.6 is 0 Å². The zero-order chi connectivity index (χ0) is 13.5. The van der Waals surface area contributed by atoms with E-state index in [2.05, 4.69) is 19.2 Å². The lowest BCUT2D eigenvalue weighted by molar-refractivity contribution is 0.369. The number of halogens is 1. The van der Waals surface area contributed by atoms with Crippen LogP contribution in [0.15, 0.2) is 18.2 Å². The molecule has 0 amide bonds. The Labute approximate surface area is 109 Å². The molecule has 0 aliphatic carbocycles. The molecule has 0 radical (unpaired) electrons. The summed E-state index contributed by atoms with van der Waals surface area (Å²) < 4.78 is 18.3. The van der Waals surface area contributed by atoms with Gasteiger partial charge in [0, 0.05) is 6.54 Å². The second kappa shape index (κ2) is 7.34. The van der Waals surface area contributed by atoms with Crippen LogP contribution in [-0.2, 0) is 6.54 Å². The Morgan fingerprint density at radius 1 is 1.39 bits per heavy atom. The molecule has 3 N–H and O–H groups in total. The molecule has 3 nitrogen and oxygen atoms in total. The Morgan fingerprint density at radius 3 is 2.61 bits per heavy atom. The SMILES string of the molecule is COc1ccc(CNCC(CN)C(C)C)cc1F. The molecule has 0 aromatic heterocycles. The summed E-state index contributed by atoms with van der Waals surface area (Å²) in [6.45, 7) is 6.48. The monoisotopic (exact) mass is 254 g/mol. The molecule has 102 valence electrons. The van der Waals surface area contributed by atoms with Crippen molar-refractivity contribution in [2.45, 2.75) is 20.4 Å². The minimum Gasteiger partial charge on any atom is -0.494 e. The lowest BCUT2D eigenvalue weighted by atomic mass is 9.96. The number of benzene rings is 1.